The molecule has 0 aliphatic rings. The minimum Gasteiger partial charge on any atom is -0.399 e. The number of nitrogens with zero attached hydrogens (tertiary/aromatic N) is 1. The van der Waals surface area contributed by atoms with Gasteiger partial charge in [-0.15, -0.1) is 0 Å². The Labute approximate surface area is 117 Å². The summed E-state index contributed by atoms with van der Waals surface area (Å²) in [6.45, 7) is 2.05. The maximum Gasteiger partial charge on any atom is 0.0788 e. The monoisotopic (exact) mass is 280 g/mol. The van der Waals surface area contributed by atoms with E-state index in [1.54, 1.807) is 12.1 Å². The summed E-state index contributed by atoms with van der Waals surface area (Å²) in [5.74, 6) is 0. The fourth-order valence-electron chi connectivity index (χ4n) is 1.97. The van der Waals surface area contributed by atoms with Crippen LogP contribution < -0.4 is 10.6 Å². The highest BCUT2D eigenvalue weighted by atomic mass is 35.5. The molecule has 0 saturated carbocycles. The van der Waals surface area contributed by atoms with Crippen LogP contribution in [-0.4, -0.2) is 7.05 Å². The SMILES string of the molecule is Cc1ccccc1N(C)c1c(Cl)cc(N)cc1Cl. The number of hydrogen-bond donors (Lipinski definition) is 1. The molecular weight excluding hydrogens is 267 g/mol. The number of benzene rings is 2. The number of hydrogen-bond acceptors (Lipinski definition) is 2. The molecule has 0 fully saturated rings. The van der Waals surface area contributed by atoms with E-state index < -0.39 is 0 Å². The Morgan fingerprint density at radius 3 is 2.17 bits per heavy atom. The van der Waals surface area contributed by atoms with Gasteiger partial charge in [-0.1, -0.05) is 41.4 Å². The molecule has 0 radical (unpaired) electrons. The lowest BCUT2D eigenvalue weighted by molar-refractivity contribution is 1.19. The Hall–Kier alpha value is -1.38. The largest absolute Gasteiger partial charge is 0.399 e. The molecule has 0 aliphatic carbocycles. The van der Waals surface area contributed by atoms with Gasteiger partial charge in [-0.25, -0.2) is 0 Å². The molecule has 2 rings (SSSR count). The number of anilines is 3. The summed E-state index contributed by atoms with van der Waals surface area (Å²) in [6, 6.07) is 11.5. The molecule has 0 amide bonds. The normalized spacial score (nSPS) is 10.4. The molecule has 2 aromatic rings. The molecule has 2 N–H and O–H groups in total. The Bertz CT molecular complexity index is 559. The van der Waals surface area contributed by atoms with E-state index in [9.17, 15) is 0 Å². The van der Waals surface area contributed by atoms with E-state index in [0.717, 1.165) is 16.9 Å². The molecule has 0 aromatic heterocycles. The number of para-hydroxylation sites is 1. The minimum atomic E-state index is 0.547. The Morgan fingerprint density at radius 1 is 1.06 bits per heavy atom. The van der Waals surface area contributed by atoms with Crippen LogP contribution in [0.4, 0.5) is 17.1 Å². The molecule has 2 nitrogen and oxygen atoms in total. The summed E-state index contributed by atoms with van der Waals surface area (Å²) in [5, 5.41) is 1.09. The molecule has 0 spiro atoms. The van der Waals surface area contributed by atoms with Gasteiger partial charge in [0.15, 0.2) is 0 Å². The molecule has 4 heteroatoms. The first kappa shape index (κ1) is 13.1. The maximum absolute atomic E-state index is 6.23. The van der Waals surface area contributed by atoms with Crippen molar-refractivity contribution in [2.45, 2.75) is 6.92 Å². The van der Waals surface area contributed by atoms with Gasteiger partial charge in [0.2, 0.25) is 0 Å². The summed E-state index contributed by atoms with van der Waals surface area (Å²) in [5.41, 5.74) is 9.25. The molecule has 94 valence electrons. The van der Waals surface area contributed by atoms with Crippen LogP contribution in [0.1, 0.15) is 5.56 Å². The van der Waals surface area contributed by atoms with Crippen LogP contribution in [0.5, 0.6) is 0 Å². The van der Waals surface area contributed by atoms with Crippen LogP contribution in [0.3, 0.4) is 0 Å². The number of nitrogen functional groups attached to an aromatic ring is 1. The van der Waals surface area contributed by atoms with Crippen molar-refractivity contribution < 1.29 is 0 Å². The number of halogens is 2. The first-order valence-corrected chi connectivity index (χ1v) is 6.30. The second kappa shape index (κ2) is 5.09. The Morgan fingerprint density at radius 2 is 1.61 bits per heavy atom. The van der Waals surface area contributed by atoms with Crippen molar-refractivity contribution in [3.8, 4) is 0 Å². The lowest BCUT2D eigenvalue weighted by Gasteiger charge is -2.24. The van der Waals surface area contributed by atoms with Gasteiger partial charge >= 0.3 is 0 Å². The Balaban J connectivity index is 2.53. The zero-order valence-corrected chi connectivity index (χ0v) is 11.8. The van der Waals surface area contributed by atoms with E-state index >= 15 is 0 Å². The smallest absolute Gasteiger partial charge is 0.0788 e. The van der Waals surface area contributed by atoms with Crippen molar-refractivity contribution in [2.24, 2.45) is 0 Å². The van der Waals surface area contributed by atoms with Gasteiger partial charge in [0, 0.05) is 18.4 Å². The summed E-state index contributed by atoms with van der Waals surface area (Å²) in [7, 11) is 1.94. The lowest BCUT2D eigenvalue weighted by Crippen LogP contribution is -2.12. The van der Waals surface area contributed by atoms with Crippen molar-refractivity contribution in [3.05, 3.63) is 52.0 Å². The summed E-state index contributed by atoms with van der Waals surface area (Å²) in [4.78, 5) is 1.97. The van der Waals surface area contributed by atoms with Gasteiger partial charge in [-0.05, 0) is 30.7 Å². The van der Waals surface area contributed by atoms with E-state index in [-0.39, 0.29) is 0 Å². The highest BCUT2D eigenvalue weighted by Gasteiger charge is 2.14. The maximum atomic E-state index is 6.23. The molecular formula is C14H14Cl2N2. The number of aryl methyl sites for hydroxylation is 1. The zero-order valence-electron chi connectivity index (χ0n) is 10.2. The molecule has 0 saturated heterocycles. The minimum absolute atomic E-state index is 0.547. The van der Waals surface area contributed by atoms with Gasteiger partial charge in [0.1, 0.15) is 0 Å². The van der Waals surface area contributed by atoms with E-state index in [4.69, 9.17) is 28.9 Å². The predicted molar refractivity (Wildman–Crippen MR) is 80.1 cm³/mol. The molecule has 0 unspecified atom stereocenters. The van der Waals surface area contributed by atoms with Crippen LogP contribution in [0.2, 0.25) is 10.0 Å². The van der Waals surface area contributed by atoms with Gasteiger partial charge < -0.3 is 10.6 Å². The van der Waals surface area contributed by atoms with Crippen LogP contribution in [0.25, 0.3) is 0 Å². The number of rotatable bonds is 2. The van der Waals surface area contributed by atoms with Crippen molar-refractivity contribution >= 4 is 40.3 Å². The van der Waals surface area contributed by atoms with E-state index in [0.29, 0.717) is 15.7 Å². The van der Waals surface area contributed by atoms with Crippen LogP contribution >= 0.6 is 23.2 Å². The van der Waals surface area contributed by atoms with Crippen molar-refractivity contribution in [1.29, 1.82) is 0 Å². The average Bonchev–Trinajstić information content (AvgIpc) is 2.27. The summed E-state index contributed by atoms with van der Waals surface area (Å²) in [6.07, 6.45) is 0. The van der Waals surface area contributed by atoms with Crippen LogP contribution in [0.15, 0.2) is 36.4 Å². The molecule has 0 atom stereocenters. The summed E-state index contributed by atoms with van der Waals surface area (Å²) >= 11 is 12.5. The standard InChI is InChI=1S/C14H14Cl2N2/c1-9-5-3-4-6-13(9)18(2)14-11(15)7-10(17)8-12(14)16/h3-8H,17H2,1-2H3. The summed E-state index contributed by atoms with van der Waals surface area (Å²) < 4.78 is 0. The average molecular weight is 281 g/mol. The predicted octanol–water partition coefficient (Wildman–Crippen LogP) is 4.65. The van der Waals surface area contributed by atoms with Crippen molar-refractivity contribution in [2.75, 3.05) is 17.7 Å². The second-order valence-corrected chi connectivity index (χ2v) is 4.99. The van der Waals surface area contributed by atoms with Gasteiger partial charge in [0.05, 0.1) is 15.7 Å². The molecule has 0 aliphatic heterocycles. The molecule has 0 bridgehead atoms. The highest BCUT2D eigenvalue weighted by molar-refractivity contribution is 6.39. The third-order valence-corrected chi connectivity index (χ3v) is 3.43. The zero-order chi connectivity index (χ0) is 13.3. The Kier molecular flexibility index (Phi) is 3.69. The molecule has 18 heavy (non-hydrogen) atoms. The third kappa shape index (κ3) is 2.40. The second-order valence-electron chi connectivity index (χ2n) is 4.18. The van der Waals surface area contributed by atoms with Gasteiger partial charge in [0.25, 0.3) is 0 Å². The fraction of sp³-hybridized carbons (Fsp3) is 0.143. The van der Waals surface area contributed by atoms with Crippen molar-refractivity contribution in [3.63, 3.8) is 0 Å². The van der Waals surface area contributed by atoms with E-state index in [1.807, 2.05) is 43.1 Å². The lowest BCUT2D eigenvalue weighted by atomic mass is 10.1. The number of nitrogens with two attached hydrogens (primary N) is 1. The van der Waals surface area contributed by atoms with Gasteiger partial charge in [-0.3, -0.25) is 0 Å². The van der Waals surface area contributed by atoms with Crippen LogP contribution in [0, 0.1) is 6.92 Å². The fourth-order valence-corrected chi connectivity index (χ4v) is 2.72. The van der Waals surface area contributed by atoms with Crippen LogP contribution in [-0.2, 0) is 0 Å². The van der Waals surface area contributed by atoms with Gasteiger partial charge in [-0.2, -0.15) is 0 Å². The quantitative estimate of drug-likeness (QED) is 0.812. The first-order chi connectivity index (χ1) is 8.50. The third-order valence-electron chi connectivity index (χ3n) is 2.85. The topological polar surface area (TPSA) is 29.3 Å². The first-order valence-electron chi connectivity index (χ1n) is 5.54. The highest BCUT2D eigenvalue weighted by Crippen LogP contribution is 2.39. The molecule has 0 heterocycles. The molecule has 2 aromatic carbocycles. The van der Waals surface area contributed by atoms with E-state index in [1.165, 1.54) is 0 Å². The van der Waals surface area contributed by atoms with E-state index in [2.05, 4.69) is 0 Å². The van der Waals surface area contributed by atoms with Crippen molar-refractivity contribution in [1.82, 2.24) is 0 Å².